The third-order valence-corrected chi connectivity index (χ3v) is 3.68. The van der Waals surface area contributed by atoms with Crippen LogP contribution in [0.25, 0.3) is 0 Å². The first-order chi connectivity index (χ1) is 9.58. The molecule has 1 unspecified atom stereocenters. The summed E-state index contributed by atoms with van der Waals surface area (Å²) < 4.78 is 11.0. The zero-order valence-corrected chi connectivity index (χ0v) is 13.6. The molecule has 1 atom stereocenters. The van der Waals surface area contributed by atoms with E-state index < -0.39 is 0 Å². The maximum absolute atomic E-state index is 11.2. The van der Waals surface area contributed by atoms with Gasteiger partial charge in [-0.15, -0.1) is 0 Å². The van der Waals surface area contributed by atoms with Crippen molar-refractivity contribution < 1.29 is 14.3 Å². The summed E-state index contributed by atoms with van der Waals surface area (Å²) in [6.45, 7) is 2.26. The van der Waals surface area contributed by atoms with Crippen LogP contribution in [-0.4, -0.2) is 19.7 Å². The summed E-state index contributed by atoms with van der Waals surface area (Å²) in [5, 5.41) is 0. The fraction of sp³-hybridized carbons (Fsp3) is 0.533. The van der Waals surface area contributed by atoms with Crippen molar-refractivity contribution in [1.29, 1.82) is 0 Å². The molecule has 112 valence electrons. The van der Waals surface area contributed by atoms with Crippen molar-refractivity contribution in [3.63, 3.8) is 0 Å². The lowest BCUT2D eigenvalue weighted by molar-refractivity contribution is -0.143. The number of methoxy groups -OCH3 is 1. The molecular formula is C15H22BrNO3. The SMILES string of the molecule is CCOC(=O)CCCCC(N)c1ccc(OC)c(Br)c1. The first kappa shape index (κ1) is 17.0. The predicted molar refractivity (Wildman–Crippen MR) is 82.7 cm³/mol. The Kier molecular flexibility index (Phi) is 7.62. The van der Waals surface area contributed by atoms with Gasteiger partial charge in [0, 0.05) is 12.5 Å². The molecule has 0 aliphatic rings. The Balaban J connectivity index is 2.37. The molecule has 20 heavy (non-hydrogen) atoms. The number of carbonyl (C=O) groups is 1. The summed E-state index contributed by atoms with van der Waals surface area (Å²) in [7, 11) is 1.63. The number of benzene rings is 1. The smallest absolute Gasteiger partial charge is 0.305 e. The van der Waals surface area contributed by atoms with Gasteiger partial charge in [-0.05, 0) is 53.4 Å². The van der Waals surface area contributed by atoms with Crippen LogP contribution in [0.1, 0.15) is 44.2 Å². The molecule has 2 N–H and O–H groups in total. The van der Waals surface area contributed by atoms with Crippen LogP contribution in [0.3, 0.4) is 0 Å². The van der Waals surface area contributed by atoms with Crippen LogP contribution in [0.5, 0.6) is 5.75 Å². The van der Waals surface area contributed by atoms with Gasteiger partial charge in [0.15, 0.2) is 0 Å². The van der Waals surface area contributed by atoms with Gasteiger partial charge in [0.05, 0.1) is 18.2 Å². The van der Waals surface area contributed by atoms with Crippen molar-refractivity contribution in [2.24, 2.45) is 5.73 Å². The van der Waals surface area contributed by atoms with E-state index >= 15 is 0 Å². The highest BCUT2D eigenvalue weighted by Gasteiger charge is 2.09. The second kappa shape index (κ2) is 8.97. The molecule has 1 aromatic rings. The first-order valence-electron chi connectivity index (χ1n) is 6.83. The van der Waals surface area contributed by atoms with Gasteiger partial charge in [0.25, 0.3) is 0 Å². The van der Waals surface area contributed by atoms with E-state index in [1.807, 2.05) is 25.1 Å². The quantitative estimate of drug-likeness (QED) is 0.578. The third kappa shape index (κ3) is 5.51. The Labute approximate surface area is 128 Å². The molecule has 5 heteroatoms. The van der Waals surface area contributed by atoms with Crippen LogP contribution in [-0.2, 0) is 9.53 Å². The molecule has 0 bridgehead atoms. The average molecular weight is 344 g/mol. The number of nitrogens with two attached hydrogens (primary N) is 1. The molecule has 0 saturated heterocycles. The average Bonchev–Trinajstić information content (AvgIpc) is 2.43. The van der Waals surface area contributed by atoms with Crippen molar-refractivity contribution >= 4 is 21.9 Å². The second-order valence-electron chi connectivity index (χ2n) is 4.55. The number of halogens is 1. The minimum atomic E-state index is -0.131. The predicted octanol–water partition coefficient (Wildman–Crippen LogP) is 3.58. The van der Waals surface area contributed by atoms with Gasteiger partial charge in [-0.3, -0.25) is 4.79 Å². The van der Waals surface area contributed by atoms with Crippen LogP contribution in [0.4, 0.5) is 0 Å². The lowest BCUT2D eigenvalue weighted by atomic mass is 10.0. The summed E-state index contributed by atoms with van der Waals surface area (Å²) in [6.07, 6.45) is 3.03. The molecule has 0 aliphatic heterocycles. The van der Waals surface area contributed by atoms with Gasteiger partial charge < -0.3 is 15.2 Å². The van der Waals surface area contributed by atoms with Gasteiger partial charge >= 0.3 is 5.97 Å². The van der Waals surface area contributed by atoms with E-state index in [1.54, 1.807) is 7.11 Å². The molecule has 1 rings (SSSR count). The molecule has 0 fully saturated rings. The number of hydrogen-bond acceptors (Lipinski definition) is 4. The van der Waals surface area contributed by atoms with Crippen molar-refractivity contribution in [3.05, 3.63) is 28.2 Å². The highest BCUT2D eigenvalue weighted by molar-refractivity contribution is 9.10. The molecule has 4 nitrogen and oxygen atoms in total. The highest BCUT2D eigenvalue weighted by Crippen LogP contribution is 2.28. The zero-order chi connectivity index (χ0) is 15.0. The Morgan fingerprint density at radius 3 is 2.75 bits per heavy atom. The Bertz CT molecular complexity index is 437. The number of hydrogen-bond donors (Lipinski definition) is 1. The van der Waals surface area contributed by atoms with Crippen LogP contribution in [0.15, 0.2) is 22.7 Å². The molecule has 0 saturated carbocycles. The van der Waals surface area contributed by atoms with Crippen molar-refractivity contribution in [3.8, 4) is 5.75 Å². The fourth-order valence-electron chi connectivity index (χ4n) is 1.95. The summed E-state index contributed by atoms with van der Waals surface area (Å²) in [5.74, 6) is 0.663. The largest absolute Gasteiger partial charge is 0.496 e. The molecule has 0 amide bonds. The van der Waals surface area contributed by atoms with Gasteiger partial charge in [-0.25, -0.2) is 0 Å². The fourth-order valence-corrected chi connectivity index (χ4v) is 2.51. The van der Waals surface area contributed by atoms with Crippen LogP contribution in [0, 0.1) is 0 Å². The van der Waals surface area contributed by atoms with Gasteiger partial charge in [0.1, 0.15) is 5.75 Å². The lowest BCUT2D eigenvalue weighted by Gasteiger charge is -2.13. The van der Waals surface area contributed by atoms with Crippen LogP contribution in [0.2, 0.25) is 0 Å². The van der Waals surface area contributed by atoms with E-state index in [1.165, 1.54) is 0 Å². The summed E-state index contributed by atoms with van der Waals surface area (Å²) in [5.41, 5.74) is 7.22. The standard InChI is InChI=1S/C15H22BrNO3/c1-3-20-15(18)7-5-4-6-13(17)11-8-9-14(19-2)12(16)10-11/h8-10,13H,3-7,17H2,1-2H3. The second-order valence-corrected chi connectivity index (χ2v) is 5.41. The lowest BCUT2D eigenvalue weighted by Crippen LogP contribution is -2.11. The monoisotopic (exact) mass is 343 g/mol. The maximum atomic E-state index is 11.2. The minimum absolute atomic E-state index is 0.0283. The van der Waals surface area contributed by atoms with E-state index in [9.17, 15) is 4.79 Å². The van der Waals surface area contributed by atoms with E-state index in [4.69, 9.17) is 15.2 Å². The Morgan fingerprint density at radius 2 is 2.15 bits per heavy atom. The Hall–Kier alpha value is -1.07. The van der Waals surface area contributed by atoms with Gasteiger partial charge in [0.2, 0.25) is 0 Å². The molecule has 0 aromatic heterocycles. The van der Waals surface area contributed by atoms with Crippen LogP contribution >= 0.6 is 15.9 Å². The van der Waals surface area contributed by atoms with E-state index in [-0.39, 0.29) is 12.0 Å². The number of ether oxygens (including phenoxy) is 2. The Morgan fingerprint density at radius 1 is 1.40 bits per heavy atom. The molecule has 0 spiro atoms. The van der Waals surface area contributed by atoms with Crippen molar-refractivity contribution in [1.82, 2.24) is 0 Å². The normalized spacial score (nSPS) is 12.0. The highest BCUT2D eigenvalue weighted by atomic mass is 79.9. The number of carbonyl (C=O) groups excluding carboxylic acids is 1. The minimum Gasteiger partial charge on any atom is -0.496 e. The zero-order valence-electron chi connectivity index (χ0n) is 12.0. The van der Waals surface area contributed by atoms with Gasteiger partial charge in [-0.1, -0.05) is 12.5 Å². The molecule has 1 aromatic carbocycles. The molecule has 0 aliphatic carbocycles. The van der Waals surface area contributed by atoms with Crippen LogP contribution < -0.4 is 10.5 Å². The topological polar surface area (TPSA) is 61.5 Å². The van der Waals surface area contributed by atoms with Crippen molar-refractivity contribution in [2.45, 2.75) is 38.6 Å². The number of unbranched alkanes of at least 4 members (excludes halogenated alkanes) is 1. The first-order valence-corrected chi connectivity index (χ1v) is 7.62. The molecular weight excluding hydrogens is 322 g/mol. The van der Waals surface area contributed by atoms with E-state index in [2.05, 4.69) is 15.9 Å². The number of esters is 1. The third-order valence-electron chi connectivity index (χ3n) is 3.06. The molecule has 0 radical (unpaired) electrons. The maximum Gasteiger partial charge on any atom is 0.305 e. The summed E-state index contributed by atoms with van der Waals surface area (Å²) >= 11 is 3.45. The van der Waals surface area contributed by atoms with Gasteiger partial charge in [-0.2, -0.15) is 0 Å². The van der Waals surface area contributed by atoms with Crippen molar-refractivity contribution in [2.75, 3.05) is 13.7 Å². The van der Waals surface area contributed by atoms with E-state index in [0.29, 0.717) is 13.0 Å². The van der Waals surface area contributed by atoms with E-state index in [0.717, 1.165) is 35.0 Å². The molecule has 0 heterocycles. The summed E-state index contributed by atoms with van der Waals surface area (Å²) in [4.78, 5) is 11.2. The number of rotatable bonds is 8. The summed E-state index contributed by atoms with van der Waals surface area (Å²) in [6, 6.07) is 5.83.